The van der Waals surface area contributed by atoms with E-state index in [1.807, 2.05) is 25.1 Å². The van der Waals surface area contributed by atoms with E-state index in [0.29, 0.717) is 35.7 Å². The van der Waals surface area contributed by atoms with Gasteiger partial charge in [0, 0.05) is 31.8 Å². The molecule has 8 heteroatoms. The molecule has 2 amide bonds. The van der Waals surface area contributed by atoms with E-state index < -0.39 is 5.60 Å². The maximum absolute atomic E-state index is 13.2. The topological polar surface area (TPSA) is 80.4 Å². The highest BCUT2D eigenvalue weighted by Gasteiger charge is 2.57. The summed E-state index contributed by atoms with van der Waals surface area (Å²) in [5, 5.41) is 3.35. The van der Waals surface area contributed by atoms with Crippen molar-refractivity contribution in [2.75, 3.05) is 19.1 Å². The van der Waals surface area contributed by atoms with Crippen molar-refractivity contribution in [1.82, 2.24) is 5.32 Å². The standard InChI is InChI=1S/C27H35ClN2O5/c1-16-8-6-7-9-19-15-21(34-26(32)29-19)17(2)25-27(3,35-25)11-10-23(31)30(4)20-13-18(12-16)14-22(33-5)24(20)28/h6-8,13-14,17,19,21,25H,9-12,15H2,1-5H3,(H,29,32). The molecule has 0 spiro atoms. The van der Waals surface area contributed by atoms with Gasteiger partial charge in [-0.25, -0.2) is 4.79 Å². The minimum atomic E-state index is -0.421. The molecule has 7 nitrogen and oxygen atoms in total. The van der Waals surface area contributed by atoms with Crippen LogP contribution in [0.4, 0.5) is 10.5 Å². The normalized spacial score (nSPS) is 31.7. The number of allylic oxidation sites excluding steroid dienone is 3. The van der Waals surface area contributed by atoms with Crippen molar-refractivity contribution < 1.29 is 23.8 Å². The Morgan fingerprint density at radius 1 is 1.29 bits per heavy atom. The third-order valence-corrected chi connectivity index (χ3v) is 7.77. The molecule has 0 aromatic heterocycles. The van der Waals surface area contributed by atoms with Gasteiger partial charge in [0.2, 0.25) is 5.91 Å². The van der Waals surface area contributed by atoms with Gasteiger partial charge in [0.1, 0.15) is 16.9 Å². The van der Waals surface area contributed by atoms with Crippen molar-refractivity contribution in [3.63, 3.8) is 0 Å². The Balaban J connectivity index is 1.63. The second kappa shape index (κ2) is 10.2. The average Bonchev–Trinajstić information content (AvgIpc) is 3.50. The second-order valence-corrected chi connectivity index (χ2v) is 10.5. The maximum Gasteiger partial charge on any atom is 0.407 e. The number of epoxide rings is 1. The lowest BCUT2D eigenvalue weighted by molar-refractivity contribution is -0.118. The predicted molar refractivity (Wildman–Crippen MR) is 136 cm³/mol. The van der Waals surface area contributed by atoms with Crippen LogP contribution in [-0.4, -0.2) is 50.0 Å². The summed E-state index contributed by atoms with van der Waals surface area (Å²) in [6, 6.07) is 3.88. The number of carbonyl (C=O) groups excluding carboxylic acids is 2. The van der Waals surface area contributed by atoms with Crippen molar-refractivity contribution >= 4 is 29.3 Å². The van der Waals surface area contributed by atoms with Crippen molar-refractivity contribution in [1.29, 1.82) is 0 Å². The number of fused-ring (bicyclic) bond motifs is 5. The molecule has 0 radical (unpaired) electrons. The van der Waals surface area contributed by atoms with Crippen LogP contribution in [0, 0.1) is 5.92 Å². The number of methoxy groups -OCH3 is 1. The zero-order valence-corrected chi connectivity index (χ0v) is 21.9. The number of ether oxygens (including phenoxy) is 3. The van der Waals surface area contributed by atoms with E-state index in [-0.39, 0.29) is 36.2 Å². The Bertz CT molecular complexity index is 1050. The largest absolute Gasteiger partial charge is 0.495 e. The van der Waals surface area contributed by atoms with E-state index in [1.165, 1.54) is 0 Å². The number of nitrogens with one attached hydrogen (secondary N) is 1. The molecule has 3 aliphatic rings. The molecule has 35 heavy (non-hydrogen) atoms. The van der Waals surface area contributed by atoms with Crippen LogP contribution in [0.5, 0.6) is 5.75 Å². The van der Waals surface area contributed by atoms with E-state index in [9.17, 15) is 9.59 Å². The number of rotatable bonds is 1. The van der Waals surface area contributed by atoms with Crippen molar-refractivity contribution in [2.24, 2.45) is 5.92 Å². The first kappa shape index (κ1) is 25.6. The molecule has 2 saturated heterocycles. The van der Waals surface area contributed by atoms with E-state index in [2.05, 4.69) is 31.3 Å². The van der Waals surface area contributed by atoms with Gasteiger partial charge in [0.25, 0.3) is 0 Å². The van der Waals surface area contributed by atoms with E-state index in [0.717, 1.165) is 24.0 Å². The van der Waals surface area contributed by atoms with Crippen LogP contribution in [0.25, 0.3) is 0 Å². The highest BCUT2D eigenvalue weighted by atomic mass is 35.5. The van der Waals surface area contributed by atoms with E-state index >= 15 is 0 Å². The summed E-state index contributed by atoms with van der Waals surface area (Å²) >= 11 is 6.60. The number of nitrogens with zero attached hydrogens (tertiary/aromatic N) is 1. The van der Waals surface area contributed by atoms with Crippen LogP contribution in [0.15, 0.2) is 35.9 Å². The summed E-state index contributed by atoms with van der Waals surface area (Å²) in [6.07, 6.45) is 8.53. The molecule has 5 unspecified atom stereocenters. The van der Waals surface area contributed by atoms with Gasteiger partial charge in [0.05, 0.1) is 24.5 Å². The lowest BCUT2D eigenvalue weighted by Crippen LogP contribution is -2.48. The molecule has 2 fully saturated rings. The zero-order chi connectivity index (χ0) is 25.3. The van der Waals surface area contributed by atoms with Crippen LogP contribution in [0.1, 0.15) is 52.0 Å². The molecule has 3 aliphatic heterocycles. The number of anilines is 1. The molecule has 190 valence electrons. The SMILES string of the molecule is COc1cc2cc(c1Cl)N(C)C(=O)CCC1(C)OC1C(C)C1CC(CC=CC=C(C)C2)NC(=O)O1. The summed E-state index contributed by atoms with van der Waals surface area (Å²) in [5.74, 6) is 0.531. The smallest absolute Gasteiger partial charge is 0.407 e. The Kier molecular flexibility index (Phi) is 7.48. The molecule has 1 N–H and O–H groups in total. The molecule has 0 aliphatic carbocycles. The van der Waals surface area contributed by atoms with Gasteiger partial charge < -0.3 is 24.4 Å². The third kappa shape index (κ3) is 5.67. The van der Waals surface area contributed by atoms with Gasteiger partial charge in [-0.15, -0.1) is 0 Å². The number of hydrogen-bond donors (Lipinski definition) is 1. The number of hydrogen-bond acceptors (Lipinski definition) is 5. The summed E-state index contributed by atoms with van der Waals surface area (Å²) < 4.78 is 17.2. The predicted octanol–water partition coefficient (Wildman–Crippen LogP) is 5.20. The Labute approximate surface area is 212 Å². The number of carbonyl (C=O) groups is 2. The first-order valence-electron chi connectivity index (χ1n) is 12.2. The molecular formula is C27H35ClN2O5. The lowest BCUT2D eigenvalue weighted by Gasteiger charge is -2.33. The van der Waals surface area contributed by atoms with E-state index in [1.54, 1.807) is 19.1 Å². The number of halogens is 1. The zero-order valence-electron chi connectivity index (χ0n) is 21.1. The summed E-state index contributed by atoms with van der Waals surface area (Å²) in [6.45, 7) is 6.15. The molecule has 1 aromatic rings. The van der Waals surface area contributed by atoms with Crippen LogP contribution >= 0.6 is 11.6 Å². The number of alkyl carbamates (subject to hydrolysis) is 1. The molecule has 1 aromatic carbocycles. The highest BCUT2D eigenvalue weighted by molar-refractivity contribution is 6.35. The monoisotopic (exact) mass is 502 g/mol. The fourth-order valence-corrected chi connectivity index (χ4v) is 5.48. The quantitative estimate of drug-likeness (QED) is 0.534. The minimum Gasteiger partial charge on any atom is -0.495 e. The highest BCUT2D eigenvalue weighted by Crippen LogP contribution is 2.47. The molecule has 5 atom stereocenters. The first-order chi connectivity index (χ1) is 16.6. The fourth-order valence-electron chi connectivity index (χ4n) is 5.16. The number of benzene rings is 1. The van der Waals surface area contributed by atoms with Gasteiger partial charge in [-0.2, -0.15) is 0 Å². The van der Waals surface area contributed by atoms with Crippen molar-refractivity contribution in [3.8, 4) is 5.75 Å². The Morgan fingerprint density at radius 2 is 2.06 bits per heavy atom. The molecule has 0 saturated carbocycles. The molecule has 4 rings (SSSR count). The first-order valence-corrected chi connectivity index (χ1v) is 12.6. The van der Waals surface area contributed by atoms with Crippen molar-refractivity contribution in [3.05, 3.63) is 46.5 Å². The summed E-state index contributed by atoms with van der Waals surface area (Å²) in [5.41, 5.74) is 2.37. The van der Waals surface area contributed by atoms with Crippen LogP contribution in [0.3, 0.4) is 0 Å². The van der Waals surface area contributed by atoms with Gasteiger partial charge in [0.15, 0.2) is 0 Å². The van der Waals surface area contributed by atoms with Crippen LogP contribution < -0.4 is 15.0 Å². The van der Waals surface area contributed by atoms with E-state index in [4.69, 9.17) is 25.8 Å². The Morgan fingerprint density at radius 3 is 2.80 bits per heavy atom. The number of amides is 2. The lowest BCUT2D eigenvalue weighted by atomic mass is 9.86. The molecule has 4 bridgehead atoms. The summed E-state index contributed by atoms with van der Waals surface area (Å²) in [7, 11) is 3.32. The molecular weight excluding hydrogens is 468 g/mol. The van der Waals surface area contributed by atoms with Gasteiger partial charge in [-0.05, 0) is 50.8 Å². The average molecular weight is 503 g/mol. The maximum atomic E-state index is 13.2. The third-order valence-electron chi connectivity index (χ3n) is 7.39. The van der Waals surface area contributed by atoms with Gasteiger partial charge in [-0.3, -0.25) is 4.79 Å². The summed E-state index contributed by atoms with van der Waals surface area (Å²) in [4.78, 5) is 27.0. The molecule has 3 heterocycles. The fraction of sp³-hybridized carbons (Fsp3) is 0.556. The van der Waals surface area contributed by atoms with Crippen molar-refractivity contribution in [2.45, 2.75) is 76.7 Å². The minimum absolute atomic E-state index is 0.0130. The second-order valence-electron chi connectivity index (χ2n) is 10.2. The Hall–Kier alpha value is -2.51. The van der Waals surface area contributed by atoms with Crippen LogP contribution in [-0.2, 0) is 20.7 Å². The van der Waals surface area contributed by atoms with Gasteiger partial charge >= 0.3 is 6.09 Å². The van der Waals surface area contributed by atoms with Gasteiger partial charge in [-0.1, -0.05) is 42.3 Å². The van der Waals surface area contributed by atoms with Crippen LogP contribution in [0.2, 0.25) is 5.02 Å².